The molecule has 0 radical (unpaired) electrons. The molecular weight excluding hydrogens is 262 g/mol. The minimum atomic E-state index is -0.149. The number of tetrazole rings is 1. The number of amides is 1. The zero-order chi connectivity index (χ0) is 13.2. The quantitative estimate of drug-likeness (QED) is 0.829. The summed E-state index contributed by atoms with van der Waals surface area (Å²) in [5.41, 5.74) is 0. The van der Waals surface area contributed by atoms with Crippen LogP contribution in [0.4, 0.5) is 0 Å². The third kappa shape index (κ3) is 3.08. The van der Waals surface area contributed by atoms with E-state index in [1.165, 1.54) is 24.6 Å². The second-order valence-corrected chi connectivity index (χ2v) is 6.70. The molecule has 2 fully saturated rings. The summed E-state index contributed by atoms with van der Waals surface area (Å²) in [4.78, 5) is 12.1. The van der Waals surface area contributed by atoms with Crippen molar-refractivity contribution in [3.05, 3.63) is 0 Å². The van der Waals surface area contributed by atoms with Crippen molar-refractivity contribution >= 4 is 17.7 Å². The molecule has 6 nitrogen and oxygen atoms in total. The molecular formula is C12H19N5OS. The van der Waals surface area contributed by atoms with E-state index in [1.807, 2.05) is 11.6 Å². The van der Waals surface area contributed by atoms with Crippen LogP contribution in [0, 0.1) is 0 Å². The molecule has 1 atom stereocenters. The molecule has 0 aromatic carbocycles. The fourth-order valence-corrected chi connectivity index (χ4v) is 3.28. The van der Waals surface area contributed by atoms with Gasteiger partial charge in [-0.1, -0.05) is 24.6 Å². The lowest BCUT2D eigenvalue weighted by Gasteiger charge is -2.15. The van der Waals surface area contributed by atoms with Crippen molar-refractivity contribution in [1.29, 1.82) is 0 Å². The van der Waals surface area contributed by atoms with Crippen molar-refractivity contribution in [2.45, 2.75) is 67.9 Å². The van der Waals surface area contributed by atoms with Crippen LogP contribution in [0.3, 0.4) is 0 Å². The molecule has 1 N–H and O–H groups in total. The number of carbonyl (C=O) groups is 1. The van der Waals surface area contributed by atoms with E-state index in [9.17, 15) is 4.79 Å². The maximum atomic E-state index is 12.1. The highest BCUT2D eigenvalue weighted by Gasteiger charge is 2.30. The molecule has 1 unspecified atom stereocenters. The van der Waals surface area contributed by atoms with E-state index < -0.39 is 0 Å². The number of rotatable bonds is 5. The number of aromatic nitrogens is 4. The van der Waals surface area contributed by atoms with Crippen LogP contribution in [-0.2, 0) is 4.79 Å². The molecule has 104 valence electrons. The molecule has 3 rings (SSSR count). The van der Waals surface area contributed by atoms with Crippen molar-refractivity contribution in [3.63, 3.8) is 0 Å². The van der Waals surface area contributed by atoms with Gasteiger partial charge in [-0.15, -0.1) is 5.10 Å². The molecule has 1 aromatic rings. The lowest BCUT2D eigenvalue weighted by molar-refractivity contribution is -0.120. The molecule has 0 bridgehead atoms. The monoisotopic (exact) mass is 281 g/mol. The Kier molecular flexibility index (Phi) is 3.72. The largest absolute Gasteiger partial charge is 0.352 e. The second kappa shape index (κ2) is 5.48. The summed E-state index contributed by atoms with van der Waals surface area (Å²) in [6.45, 7) is 1.92. The van der Waals surface area contributed by atoms with Crippen molar-refractivity contribution < 1.29 is 4.79 Å². The van der Waals surface area contributed by atoms with Crippen LogP contribution in [0.5, 0.6) is 0 Å². The first-order valence-electron chi connectivity index (χ1n) is 6.99. The van der Waals surface area contributed by atoms with Crippen molar-refractivity contribution in [1.82, 2.24) is 25.5 Å². The first-order valence-corrected chi connectivity index (χ1v) is 7.87. The van der Waals surface area contributed by atoms with Crippen LogP contribution in [0.25, 0.3) is 0 Å². The predicted octanol–water partition coefficient (Wildman–Crippen LogP) is 1.55. The van der Waals surface area contributed by atoms with Crippen LogP contribution in [-0.4, -0.2) is 37.4 Å². The average molecular weight is 281 g/mol. The molecule has 2 aliphatic rings. The Morgan fingerprint density at radius 1 is 1.37 bits per heavy atom. The molecule has 1 amide bonds. The van der Waals surface area contributed by atoms with Crippen LogP contribution in [0.15, 0.2) is 5.16 Å². The second-order valence-electron chi connectivity index (χ2n) is 5.39. The van der Waals surface area contributed by atoms with Gasteiger partial charge < -0.3 is 5.32 Å². The summed E-state index contributed by atoms with van der Waals surface area (Å²) in [5, 5.41) is 15.5. The molecule has 1 heterocycles. The normalized spacial score (nSPS) is 21.5. The topological polar surface area (TPSA) is 72.7 Å². The van der Waals surface area contributed by atoms with Crippen molar-refractivity contribution in [3.8, 4) is 0 Å². The summed E-state index contributed by atoms with van der Waals surface area (Å²) in [6, 6.07) is 0.817. The maximum Gasteiger partial charge on any atom is 0.233 e. The van der Waals surface area contributed by atoms with Gasteiger partial charge >= 0.3 is 0 Å². The third-order valence-corrected chi connectivity index (χ3v) is 4.76. The number of nitrogens with zero attached hydrogens (tertiary/aromatic N) is 4. The molecule has 2 aliphatic carbocycles. The van der Waals surface area contributed by atoms with E-state index in [2.05, 4.69) is 20.8 Å². The Balaban J connectivity index is 1.55. The number of hydrogen-bond acceptors (Lipinski definition) is 5. The molecule has 0 spiro atoms. The predicted molar refractivity (Wildman–Crippen MR) is 71.8 cm³/mol. The van der Waals surface area contributed by atoms with Crippen LogP contribution >= 0.6 is 11.8 Å². The van der Waals surface area contributed by atoms with Gasteiger partial charge in [0.15, 0.2) is 0 Å². The summed E-state index contributed by atoms with van der Waals surface area (Å²) in [6.07, 6.45) is 6.97. The fourth-order valence-electron chi connectivity index (χ4n) is 2.41. The summed E-state index contributed by atoms with van der Waals surface area (Å²) >= 11 is 1.45. The number of hydrogen-bond donors (Lipinski definition) is 1. The van der Waals surface area contributed by atoms with E-state index >= 15 is 0 Å². The molecule has 7 heteroatoms. The highest BCUT2D eigenvalue weighted by molar-refractivity contribution is 8.00. The van der Waals surface area contributed by atoms with Gasteiger partial charge in [0.1, 0.15) is 0 Å². The highest BCUT2D eigenvalue weighted by Crippen LogP contribution is 2.37. The van der Waals surface area contributed by atoms with Crippen LogP contribution in [0.2, 0.25) is 0 Å². The van der Waals surface area contributed by atoms with Gasteiger partial charge in [0.2, 0.25) is 11.1 Å². The van der Waals surface area contributed by atoms with E-state index in [-0.39, 0.29) is 11.2 Å². The Morgan fingerprint density at radius 3 is 2.79 bits per heavy atom. The number of thioether (sulfide) groups is 1. The summed E-state index contributed by atoms with van der Waals surface area (Å²) in [7, 11) is 0. The zero-order valence-corrected chi connectivity index (χ0v) is 11.9. The van der Waals surface area contributed by atoms with Crippen LogP contribution < -0.4 is 5.32 Å². The maximum absolute atomic E-state index is 12.1. The molecule has 2 saturated carbocycles. The Hall–Kier alpha value is -1.11. The van der Waals surface area contributed by atoms with Gasteiger partial charge in [0, 0.05) is 6.04 Å². The van der Waals surface area contributed by atoms with Gasteiger partial charge in [-0.05, 0) is 43.0 Å². The lowest BCUT2D eigenvalue weighted by atomic mass is 10.2. The highest BCUT2D eigenvalue weighted by atomic mass is 32.2. The lowest BCUT2D eigenvalue weighted by Crippen LogP contribution is -2.37. The first-order chi connectivity index (χ1) is 9.24. The Bertz CT molecular complexity index is 453. The van der Waals surface area contributed by atoms with Gasteiger partial charge in [-0.2, -0.15) is 0 Å². The zero-order valence-electron chi connectivity index (χ0n) is 11.1. The fraction of sp³-hybridized carbons (Fsp3) is 0.833. The van der Waals surface area contributed by atoms with Gasteiger partial charge in [0.25, 0.3) is 0 Å². The Labute approximate surface area is 116 Å². The SMILES string of the molecule is CC(Sc1nnnn1C1CC1)C(=O)NC1CCCC1. The third-order valence-electron chi connectivity index (χ3n) is 3.71. The Morgan fingerprint density at radius 2 is 2.11 bits per heavy atom. The van der Waals surface area contributed by atoms with E-state index in [0.717, 1.165) is 30.8 Å². The van der Waals surface area contributed by atoms with Gasteiger partial charge in [-0.3, -0.25) is 4.79 Å². The minimum absolute atomic E-state index is 0.0993. The smallest absolute Gasteiger partial charge is 0.233 e. The van der Waals surface area contributed by atoms with Gasteiger partial charge in [0.05, 0.1) is 11.3 Å². The number of carbonyl (C=O) groups excluding carboxylic acids is 1. The van der Waals surface area contributed by atoms with E-state index in [1.54, 1.807) is 0 Å². The van der Waals surface area contributed by atoms with E-state index in [4.69, 9.17) is 0 Å². The average Bonchev–Trinajstić information content (AvgIpc) is 2.92. The molecule has 0 aliphatic heterocycles. The number of nitrogens with one attached hydrogen (secondary N) is 1. The van der Waals surface area contributed by atoms with Crippen molar-refractivity contribution in [2.75, 3.05) is 0 Å². The minimum Gasteiger partial charge on any atom is -0.352 e. The standard InChI is InChI=1S/C12H19N5OS/c1-8(11(18)13-9-4-2-3-5-9)19-12-14-15-16-17(12)10-6-7-10/h8-10H,2-7H2,1H3,(H,13,18). The molecule has 1 aromatic heterocycles. The summed E-state index contributed by atoms with van der Waals surface area (Å²) in [5.74, 6) is 0.0993. The first kappa shape index (κ1) is 12.9. The van der Waals surface area contributed by atoms with E-state index in [0.29, 0.717) is 12.1 Å². The van der Waals surface area contributed by atoms with Crippen molar-refractivity contribution in [2.24, 2.45) is 0 Å². The van der Waals surface area contributed by atoms with Gasteiger partial charge in [-0.25, -0.2) is 4.68 Å². The molecule has 19 heavy (non-hydrogen) atoms. The molecule has 0 saturated heterocycles. The summed E-state index contributed by atoms with van der Waals surface area (Å²) < 4.78 is 1.85. The van der Waals surface area contributed by atoms with Crippen LogP contribution in [0.1, 0.15) is 51.5 Å².